The molecule has 0 aliphatic rings. The van der Waals surface area contributed by atoms with E-state index in [1.54, 1.807) is 0 Å². The van der Waals surface area contributed by atoms with Crippen LogP contribution in [0.25, 0.3) is 0 Å². The lowest BCUT2D eigenvalue weighted by atomic mass is 10.2. The van der Waals surface area contributed by atoms with Crippen molar-refractivity contribution < 1.29 is 13.5 Å². The van der Waals surface area contributed by atoms with Crippen molar-refractivity contribution in [3.63, 3.8) is 0 Å². The summed E-state index contributed by atoms with van der Waals surface area (Å²) in [5.74, 6) is 0. The minimum absolute atomic E-state index is 0.526. The van der Waals surface area contributed by atoms with Crippen molar-refractivity contribution in [2.75, 3.05) is 19.8 Å². The van der Waals surface area contributed by atoms with Crippen LogP contribution in [-0.2, 0) is 16.0 Å². The van der Waals surface area contributed by atoms with E-state index >= 15 is 0 Å². The van der Waals surface area contributed by atoms with Gasteiger partial charge in [0.1, 0.15) is 0 Å². The topological polar surface area (TPSA) is 58.6 Å². The summed E-state index contributed by atoms with van der Waals surface area (Å²) in [7, 11) is 0. The van der Waals surface area contributed by atoms with Gasteiger partial charge in [-0.2, -0.15) is 0 Å². The molecular weight excluding hydrogens is 202 g/mol. The van der Waals surface area contributed by atoms with Crippen LogP contribution in [0.3, 0.4) is 0 Å². The lowest BCUT2D eigenvalue weighted by molar-refractivity contribution is 0.128. The molecule has 0 aromatic carbocycles. The monoisotopic (exact) mass is 223 g/mol. The first-order valence-corrected chi connectivity index (χ1v) is 6.30. The zero-order valence-electron chi connectivity index (χ0n) is 8.83. The summed E-state index contributed by atoms with van der Waals surface area (Å²) in [6.45, 7) is 4.18. The normalized spacial score (nSPS) is 13.0. The van der Waals surface area contributed by atoms with Crippen molar-refractivity contribution in [3.05, 3.63) is 0 Å². The van der Waals surface area contributed by atoms with Crippen molar-refractivity contribution in [2.45, 2.75) is 39.0 Å². The van der Waals surface area contributed by atoms with Gasteiger partial charge in [-0.1, -0.05) is 26.2 Å². The van der Waals surface area contributed by atoms with Gasteiger partial charge in [0.05, 0.1) is 0 Å². The molecule has 0 spiro atoms. The van der Waals surface area contributed by atoms with Crippen LogP contribution in [0.1, 0.15) is 39.0 Å². The van der Waals surface area contributed by atoms with Gasteiger partial charge in [-0.05, 0) is 12.8 Å². The van der Waals surface area contributed by atoms with Crippen molar-refractivity contribution in [1.82, 2.24) is 4.72 Å². The Bertz CT molecular complexity index is 144. The van der Waals surface area contributed by atoms with Crippen LogP contribution in [0, 0.1) is 0 Å². The van der Waals surface area contributed by atoms with Crippen LogP contribution >= 0.6 is 0 Å². The van der Waals surface area contributed by atoms with E-state index in [1.807, 2.05) is 0 Å². The van der Waals surface area contributed by atoms with Gasteiger partial charge in [0, 0.05) is 19.8 Å². The molecule has 0 radical (unpaired) electrons. The number of rotatable bonds is 10. The molecule has 0 bridgehead atoms. The van der Waals surface area contributed by atoms with Gasteiger partial charge >= 0.3 is 0 Å². The SMILES string of the molecule is CCCCCCOCCCNS(=O)O. The first-order valence-electron chi connectivity index (χ1n) is 5.19. The highest BCUT2D eigenvalue weighted by molar-refractivity contribution is 7.77. The fourth-order valence-electron chi connectivity index (χ4n) is 1.07. The van der Waals surface area contributed by atoms with Gasteiger partial charge in [0.25, 0.3) is 0 Å². The molecule has 0 amide bonds. The van der Waals surface area contributed by atoms with E-state index < -0.39 is 11.3 Å². The summed E-state index contributed by atoms with van der Waals surface area (Å²) in [5, 5.41) is 0. The molecule has 0 aromatic heterocycles. The molecule has 0 aromatic rings. The average Bonchev–Trinajstić information content (AvgIpc) is 2.15. The van der Waals surface area contributed by atoms with Crippen molar-refractivity contribution >= 4 is 11.3 Å². The Morgan fingerprint density at radius 2 is 1.93 bits per heavy atom. The van der Waals surface area contributed by atoms with E-state index in [2.05, 4.69) is 11.6 Å². The number of hydrogen-bond acceptors (Lipinski definition) is 2. The van der Waals surface area contributed by atoms with Gasteiger partial charge in [-0.3, -0.25) is 4.55 Å². The fraction of sp³-hybridized carbons (Fsp3) is 1.00. The third kappa shape index (κ3) is 12.0. The second kappa shape index (κ2) is 11.1. The van der Waals surface area contributed by atoms with E-state index in [4.69, 9.17) is 9.29 Å². The van der Waals surface area contributed by atoms with E-state index in [1.165, 1.54) is 19.3 Å². The molecule has 0 rings (SSSR count). The quantitative estimate of drug-likeness (QED) is 0.438. The highest BCUT2D eigenvalue weighted by Gasteiger charge is 1.92. The summed E-state index contributed by atoms with van der Waals surface area (Å²) in [5.41, 5.74) is 0. The van der Waals surface area contributed by atoms with Crippen LogP contribution in [0.5, 0.6) is 0 Å². The van der Waals surface area contributed by atoms with E-state index in [0.717, 1.165) is 19.4 Å². The van der Waals surface area contributed by atoms with Gasteiger partial charge in [0.2, 0.25) is 11.3 Å². The molecule has 0 aliphatic carbocycles. The van der Waals surface area contributed by atoms with Crippen molar-refractivity contribution in [2.24, 2.45) is 0 Å². The molecular formula is C9H21NO3S. The maximum atomic E-state index is 10.2. The molecule has 0 fully saturated rings. The molecule has 0 saturated heterocycles. The molecule has 5 heteroatoms. The van der Waals surface area contributed by atoms with E-state index in [9.17, 15) is 4.21 Å². The first kappa shape index (κ1) is 14.0. The predicted molar refractivity (Wildman–Crippen MR) is 58.4 cm³/mol. The number of hydrogen-bond donors (Lipinski definition) is 2. The molecule has 0 heterocycles. The second-order valence-electron chi connectivity index (χ2n) is 3.17. The lowest BCUT2D eigenvalue weighted by Gasteiger charge is -2.03. The third-order valence-electron chi connectivity index (χ3n) is 1.83. The fourth-order valence-corrected chi connectivity index (χ4v) is 1.39. The lowest BCUT2D eigenvalue weighted by Crippen LogP contribution is -2.18. The Morgan fingerprint density at radius 3 is 2.57 bits per heavy atom. The predicted octanol–water partition coefficient (Wildman–Crippen LogP) is 1.70. The molecule has 0 saturated carbocycles. The maximum absolute atomic E-state index is 10.2. The summed E-state index contributed by atoms with van der Waals surface area (Å²) >= 11 is -1.88. The molecule has 4 nitrogen and oxygen atoms in total. The molecule has 14 heavy (non-hydrogen) atoms. The third-order valence-corrected chi connectivity index (χ3v) is 2.28. The van der Waals surface area contributed by atoms with Crippen molar-refractivity contribution in [1.29, 1.82) is 0 Å². The van der Waals surface area contributed by atoms with Crippen molar-refractivity contribution in [3.8, 4) is 0 Å². The maximum Gasteiger partial charge on any atom is 0.231 e. The Morgan fingerprint density at radius 1 is 1.21 bits per heavy atom. The van der Waals surface area contributed by atoms with Crippen LogP contribution in [0.4, 0.5) is 0 Å². The minimum Gasteiger partial charge on any atom is -0.381 e. The average molecular weight is 223 g/mol. The molecule has 1 unspecified atom stereocenters. The van der Waals surface area contributed by atoms with Crippen LogP contribution < -0.4 is 4.72 Å². The summed E-state index contributed by atoms with van der Waals surface area (Å²) in [6.07, 6.45) is 5.64. The zero-order chi connectivity index (χ0) is 10.6. The first-order chi connectivity index (χ1) is 6.77. The van der Waals surface area contributed by atoms with Gasteiger partial charge in [0.15, 0.2) is 0 Å². The van der Waals surface area contributed by atoms with Gasteiger partial charge in [-0.15, -0.1) is 0 Å². The Balaban J connectivity index is 2.88. The Kier molecular flexibility index (Phi) is 11.1. The summed E-state index contributed by atoms with van der Waals surface area (Å²) in [4.78, 5) is 0. The van der Waals surface area contributed by atoms with Gasteiger partial charge < -0.3 is 4.74 Å². The van der Waals surface area contributed by atoms with E-state index in [-0.39, 0.29) is 0 Å². The minimum atomic E-state index is -1.88. The van der Waals surface area contributed by atoms with Gasteiger partial charge in [-0.25, -0.2) is 8.93 Å². The summed E-state index contributed by atoms with van der Waals surface area (Å²) in [6, 6.07) is 0. The number of ether oxygens (including phenoxy) is 1. The smallest absolute Gasteiger partial charge is 0.231 e. The van der Waals surface area contributed by atoms with Crippen LogP contribution in [0.2, 0.25) is 0 Å². The second-order valence-corrected chi connectivity index (χ2v) is 3.96. The van der Waals surface area contributed by atoms with E-state index in [0.29, 0.717) is 13.2 Å². The number of unbranched alkanes of at least 4 members (excludes halogenated alkanes) is 3. The van der Waals surface area contributed by atoms with Crippen LogP contribution in [-0.4, -0.2) is 28.5 Å². The largest absolute Gasteiger partial charge is 0.381 e. The van der Waals surface area contributed by atoms with Crippen LogP contribution in [0.15, 0.2) is 0 Å². The molecule has 1 atom stereocenters. The highest BCUT2D eigenvalue weighted by Crippen LogP contribution is 1.98. The molecule has 2 N–H and O–H groups in total. The molecule has 86 valence electrons. The standard InChI is InChI=1S/C9H21NO3S/c1-2-3-4-5-8-13-9-6-7-10-14(11)12/h10H,2-9H2,1H3,(H,11,12). The summed E-state index contributed by atoms with van der Waals surface area (Å²) < 4.78 is 26.3. The highest BCUT2D eigenvalue weighted by atomic mass is 32.2. The Hall–Kier alpha value is 0.0300. The Labute approximate surface area is 88.8 Å². The molecule has 0 aliphatic heterocycles. The zero-order valence-corrected chi connectivity index (χ0v) is 9.65. The number of nitrogens with one attached hydrogen (secondary N) is 1.